The van der Waals surface area contributed by atoms with Gasteiger partial charge in [0, 0.05) is 0 Å². The first-order chi connectivity index (χ1) is 15.8. The summed E-state index contributed by atoms with van der Waals surface area (Å²) in [6.45, 7) is 6.34. The lowest BCUT2D eigenvalue weighted by molar-refractivity contribution is 0.768. The van der Waals surface area contributed by atoms with Crippen molar-refractivity contribution in [3.05, 3.63) is 150 Å². The molecule has 0 nitrogen and oxygen atoms in total. The summed E-state index contributed by atoms with van der Waals surface area (Å²) in [5.74, 6) is 0. The Morgan fingerprint density at radius 2 is 0.969 bits per heavy atom. The normalized spacial score (nSPS) is 15.2. The molecule has 2 aliphatic carbocycles. The van der Waals surface area contributed by atoms with E-state index in [2.05, 4.69) is 123 Å². The van der Waals surface area contributed by atoms with Crippen LogP contribution in [0, 0.1) is 0 Å². The van der Waals surface area contributed by atoms with Gasteiger partial charge in [-0.05, 0) is 62.6 Å². The molecule has 0 aliphatic heterocycles. The zero-order chi connectivity index (χ0) is 21.7. The molecule has 0 amide bonds. The fourth-order valence-electron chi connectivity index (χ4n) is 5.91. The Hall–Kier alpha value is -3.90. The van der Waals surface area contributed by atoms with Crippen LogP contribution in [0.1, 0.15) is 29.2 Å². The maximum Gasteiger partial charge on any atom is 0.0725 e. The molecule has 0 radical (unpaired) electrons. The second-order valence-electron chi connectivity index (χ2n) is 8.46. The Kier molecular flexibility index (Phi) is 4.16. The quantitative estimate of drug-likeness (QED) is 0.313. The molecule has 0 heterocycles. The van der Waals surface area contributed by atoms with Crippen LogP contribution in [0.5, 0.6) is 0 Å². The van der Waals surface area contributed by atoms with Crippen molar-refractivity contribution in [2.45, 2.75) is 12.3 Å². The van der Waals surface area contributed by atoms with E-state index >= 15 is 0 Å². The number of fused-ring (bicyclic) bond motifs is 9. The smallest absolute Gasteiger partial charge is 0.0725 e. The number of hydrogen-bond acceptors (Lipinski definition) is 0. The molecular formula is C32H24. The third kappa shape index (κ3) is 2.27. The van der Waals surface area contributed by atoms with Crippen molar-refractivity contribution >= 4 is 5.57 Å². The van der Waals surface area contributed by atoms with Crippen LogP contribution < -0.4 is 0 Å². The van der Waals surface area contributed by atoms with Crippen molar-refractivity contribution in [1.82, 2.24) is 0 Å². The van der Waals surface area contributed by atoms with Crippen molar-refractivity contribution in [2.24, 2.45) is 0 Å². The van der Waals surface area contributed by atoms with E-state index in [1.165, 1.54) is 55.7 Å². The molecule has 32 heavy (non-hydrogen) atoms. The van der Waals surface area contributed by atoms with Gasteiger partial charge in [0.2, 0.25) is 0 Å². The summed E-state index contributed by atoms with van der Waals surface area (Å²) in [5, 5.41) is 0. The largest absolute Gasteiger partial charge is 0.0984 e. The molecule has 4 aromatic rings. The summed E-state index contributed by atoms with van der Waals surface area (Å²) in [6, 6.07) is 35.6. The first-order valence-corrected chi connectivity index (χ1v) is 11.2. The van der Waals surface area contributed by atoms with Crippen molar-refractivity contribution < 1.29 is 0 Å². The predicted molar refractivity (Wildman–Crippen MR) is 136 cm³/mol. The Morgan fingerprint density at radius 1 is 0.562 bits per heavy atom. The average molecular weight is 409 g/mol. The summed E-state index contributed by atoms with van der Waals surface area (Å²) in [4.78, 5) is 0. The Balaban J connectivity index is 1.91. The van der Waals surface area contributed by atoms with E-state index in [9.17, 15) is 0 Å². The third-order valence-electron chi connectivity index (χ3n) is 7.02. The lowest BCUT2D eigenvalue weighted by atomic mass is 9.65. The molecule has 6 rings (SSSR count). The highest BCUT2D eigenvalue weighted by Gasteiger charge is 2.49. The highest BCUT2D eigenvalue weighted by molar-refractivity contribution is 5.98. The van der Waals surface area contributed by atoms with Crippen molar-refractivity contribution in [1.29, 1.82) is 0 Å². The molecule has 0 N–H and O–H groups in total. The van der Waals surface area contributed by atoms with E-state index in [1.54, 1.807) is 0 Å². The molecule has 152 valence electrons. The van der Waals surface area contributed by atoms with Crippen LogP contribution in [-0.4, -0.2) is 0 Å². The predicted octanol–water partition coefficient (Wildman–Crippen LogP) is 8.20. The van der Waals surface area contributed by atoms with Crippen LogP contribution in [0.4, 0.5) is 0 Å². The first kappa shape index (κ1) is 18.8. The summed E-state index contributed by atoms with van der Waals surface area (Å²) in [6.07, 6.45) is 6.49. The molecule has 0 atom stereocenters. The van der Waals surface area contributed by atoms with E-state index in [4.69, 9.17) is 0 Å². The van der Waals surface area contributed by atoms with Gasteiger partial charge in [0.25, 0.3) is 0 Å². The average Bonchev–Trinajstić information content (AvgIpc) is 3.08. The number of rotatable bonds is 2. The van der Waals surface area contributed by atoms with Crippen LogP contribution >= 0.6 is 0 Å². The van der Waals surface area contributed by atoms with Gasteiger partial charge in [-0.2, -0.15) is 0 Å². The highest BCUT2D eigenvalue weighted by atomic mass is 14.5. The molecule has 0 heteroatoms. The Labute approximate surface area is 189 Å². The topological polar surface area (TPSA) is 0 Å². The number of hydrogen-bond donors (Lipinski definition) is 0. The molecule has 1 spiro atoms. The van der Waals surface area contributed by atoms with Gasteiger partial charge in [0.15, 0.2) is 0 Å². The molecule has 4 aromatic carbocycles. The van der Waals surface area contributed by atoms with E-state index < -0.39 is 5.41 Å². The highest BCUT2D eigenvalue weighted by Crippen LogP contribution is 2.60. The number of allylic oxidation sites excluding steroid dienone is 5. The summed E-state index contributed by atoms with van der Waals surface area (Å²) < 4.78 is 0. The molecule has 0 aromatic heterocycles. The minimum Gasteiger partial charge on any atom is -0.0984 e. The molecule has 0 saturated carbocycles. The van der Waals surface area contributed by atoms with Crippen LogP contribution in [-0.2, 0) is 5.41 Å². The van der Waals surface area contributed by atoms with Crippen LogP contribution in [0.2, 0.25) is 0 Å². The van der Waals surface area contributed by atoms with Gasteiger partial charge in [0.1, 0.15) is 0 Å². The first-order valence-electron chi connectivity index (χ1n) is 11.2. The second kappa shape index (κ2) is 7.07. The summed E-state index contributed by atoms with van der Waals surface area (Å²) in [7, 11) is 0. The Morgan fingerprint density at radius 3 is 1.44 bits per heavy atom. The monoisotopic (exact) mass is 408 g/mol. The molecular weight excluding hydrogens is 384 g/mol. The lowest BCUT2D eigenvalue weighted by Crippen LogP contribution is -2.30. The van der Waals surface area contributed by atoms with Gasteiger partial charge in [-0.3, -0.25) is 0 Å². The molecule has 0 saturated heterocycles. The summed E-state index contributed by atoms with van der Waals surface area (Å²) >= 11 is 0. The van der Waals surface area contributed by atoms with E-state index in [-0.39, 0.29) is 0 Å². The van der Waals surface area contributed by atoms with Gasteiger partial charge in [-0.1, -0.05) is 122 Å². The molecule has 0 bridgehead atoms. The maximum atomic E-state index is 4.24. The third-order valence-corrected chi connectivity index (χ3v) is 7.02. The zero-order valence-corrected chi connectivity index (χ0v) is 18.2. The Bertz CT molecular complexity index is 1380. The fourth-order valence-corrected chi connectivity index (χ4v) is 5.91. The van der Waals surface area contributed by atoms with Gasteiger partial charge >= 0.3 is 0 Å². The van der Waals surface area contributed by atoms with Gasteiger partial charge in [-0.15, -0.1) is 0 Å². The van der Waals surface area contributed by atoms with Crippen LogP contribution in [0.3, 0.4) is 0 Å². The molecule has 0 fully saturated rings. The van der Waals surface area contributed by atoms with Crippen LogP contribution in [0.15, 0.2) is 127 Å². The SMILES string of the molecule is C=CC1=C(/C=C\C)C2(c3ccccc31)c1ccccc1-c1ccccc1-c1ccccc12. The second-order valence-corrected chi connectivity index (χ2v) is 8.46. The van der Waals surface area contributed by atoms with Crippen molar-refractivity contribution in [2.75, 3.05) is 0 Å². The lowest BCUT2D eigenvalue weighted by Gasteiger charge is -2.36. The van der Waals surface area contributed by atoms with Gasteiger partial charge in [0.05, 0.1) is 5.41 Å². The van der Waals surface area contributed by atoms with Crippen molar-refractivity contribution in [3.8, 4) is 22.3 Å². The minimum absolute atomic E-state index is 0.404. The van der Waals surface area contributed by atoms with Gasteiger partial charge in [-0.25, -0.2) is 0 Å². The van der Waals surface area contributed by atoms with Crippen molar-refractivity contribution in [3.63, 3.8) is 0 Å². The minimum atomic E-state index is -0.404. The van der Waals surface area contributed by atoms with Gasteiger partial charge < -0.3 is 0 Å². The fraction of sp³-hybridized carbons (Fsp3) is 0.0625. The zero-order valence-electron chi connectivity index (χ0n) is 18.2. The van der Waals surface area contributed by atoms with E-state index in [0.717, 1.165) is 0 Å². The maximum absolute atomic E-state index is 4.24. The standard InChI is InChI=1S/C32H24/c1-3-13-28-22(4-2)25-16-7-10-19-29(25)32(28)30-20-11-8-17-26(30)23-14-5-6-15-24(23)27-18-9-12-21-31(27)32/h3-21H,2H2,1H3/b13-3-. The summed E-state index contributed by atoms with van der Waals surface area (Å²) in [5.41, 5.74) is 12.5. The molecule has 0 unspecified atom stereocenters. The molecule has 2 aliphatic rings. The van der Waals surface area contributed by atoms with Crippen LogP contribution in [0.25, 0.3) is 27.8 Å². The van der Waals surface area contributed by atoms with E-state index in [1.807, 2.05) is 6.08 Å². The number of benzene rings is 4. The van der Waals surface area contributed by atoms with E-state index in [0.29, 0.717) is 0 Å².